The first-order chi connectivity index (χ1) is 15.1. The Hall–Kier alpha value is -3.24. The van der Waals surface area contributed by atoms with E-state index in [9.17, 15) is 21.2 Å². The van der Waals surface area contributed by atoms with Crippen LogP contribution in [0, 0.1) is 5.82 Å². The van der Waals surface area contributed by atoms with Gasteiger partial charge in [0.05, 0.1) is 22.9 Å². The smallest absolute Gasteiger partial charge is 0.279 e. The Morgan fingerprint density at radius 2 is 1.53 bits per heavy atom. The lowest BCUT2D eigenvalue weighted by Crippen LogP contribution is -2.27. The maximum Gasteiger partial charge on any atom is 0.279 e. The van der Waals surface area contributed by atoms with Crippen molar-refractivity contribution in [3.8, 4) is 0 Å². The van der Waals surface area contributed by atoms with Gasteiger partial charge in [-0.15, -0.1) is 0 Å². The van der Waals surface area contributed by atoms with Gasteiger partial charge in [0.2, 0.25) is 10.0 Å². The monoisotopic (exact) mass is 473 g/mol. The number of hydrogen-bond donors (Lipinski definition) is 1. The van der Waals surface area contributed by atoms with E-state index in [0.717, 1.165) is 10.7 Å². The van der Waals surface area contributed by atoms with E-state index in [-0.39, 0.29) is 16.9 Å². The van der Waals surface area contributed by atoms with Gasteiger partial charge in [0.15, 0.2) is 0 Å². The molecular formula is C22H20FN3O4S2. The first-order valence-electron chi connectivity index (χ1n) is 9.65. The summed E-state index contributed by atoms with van der Waals surface area (Å²) in [5.74, 6) is -0.519. The summed E-state index contributed by atoms with van der Waals surface area (Å²) in [6, 6.07) is 19.4. The molecule has 0 saturated carbocycles. The fraction of sp³-hybridized carbons (Fsp3) is 0.136. The number of anilines is 1. The molecule has 1 aliphatic heterocycles. The number of hydrogen-bond acceptors (Lipinski definition) is 5. The van der Waals surface area contributed by atoms with Gasteiger partial charge in [-0.1, -0.05) is 48.5 Å². The fourth-order valence-corrected chi connectivity index (χ4v) is 5.52. The third-order valence-corrected chi connectivity index (χ3v) is 7.25. The molecule has 0 radical (unpaired) electrons. The van der Waals surface area contributed by atoms with Crippen molar-refractivity contribution in [1.29, 1.82) is 0 Å². The highest BCUT2D eigenvalue weighted by Crippen LogP contribution is 2.38. The molecule has 166 valence electrons. The number of sulfonamides is 2. The van der Waals surface area contributed by atoms with Crippen LogP contribution < -0.4 is 4.72 Å². The zero-order valence-corrected chi connectivity index (χ0v) is 18.6. The van der Waals surface area contributed by atoms with Crippen LogP contribution in [-0.4, -0.2) is 33.2 Å². The molecule has 3 aromatic carbocycles. The Morgan fingerprint density at radius 3 is 2.16 bits per heavy atom. The van der Waals surface area contributed by atoms with Crippen molar-refractivity contribution in [1.82, 2.24) is 4.41 Å². The van der Waals surface area contributed by atoms with E-state index < -0.39 is 31.9 Å². The molecule has 1 aliphatic rings. The van der Waals surface area contributed by atoms with E-state index in [0.29, 0.717) is 17.0 Å². The second-order valence-electron chi connectivity index (χ2n) is 7.33. The molecule has 1 heterocycles. The molecule has 0 fully saturated rings. The van der Waals surface area contributed by atoms with E-state index >= 15 is 0 Å². The van der Waals surface area contributed by atoms with E-state index in [1.54, 1.807) is 60.7 Å². The van der Waals surface area contributed by atoms with Gasteiger partial charge >= 0.3 is 0 Å². The number of rotatable bonds is 6. The highest BCUT2D eigenvalue weighted by molar-refractivity contribution is 7.92. The van der Waals surface area contributed by atoms with Crippen molar-refractivity contribution in [2.75, 3.05) is 11.0 Å². The van der Waals surface area contributed by atoms with Gasteiger partial charge in [0.25, 0.3) is 10.0 Å². The number of benzene rings is 3. The minimum atomic E-state index is -4.04. The lowest BCUT2D eigenvalue weighted by molar-refractivity contribution is 0.362. The van der Waals surface area contributed by atoms with Crippen LogP contribution in [0.4, 0.5) is 10.1 Å². The largest absolute Gasteiger partial charge is 0.284 e. The van der Waals surface area contributed by atoms with Gasteiger partial charge in [0, 0.05) is 17.7 Å². The SMILES string of the molecule is CS(=O)(=O)Nc1ccc(C2=NN(S(=O)(=O)c3ccccc3)[C@@H](c3ccccc3F)C2)cc1. The maximum absolute atomic E-state index is 14.6. The lowest BCUT2D eigenvalue weighted by atomic mass is 9.99. The Morgan fingerprint density at radius 1 is 0.906 bits per heavy atom. The minimum absolute atomic E-state index is 0.0547. The Bertz CT molecular complexity index is 1370. The molecule has 10 heteroatoms. The van der Waals surface area contributed by atoms with Crippen LogP contribution in [0.2, 0.25) is 0 Å². The number of nitrogens with one attached hydrogen (secondary N) is 1. The molecule has 1 N–H and O–H groups in total. The molecule has 0 unspecified atom stereocenters. The molecule has 7 nitrogen and oxygen atoms in total. The van der Waals surface area contributed by atoms with Crippen molar-refractivity contribution < 1.29 is 21.2 Å². The van der Waals surface area contributed by atoms with Crippen LogP contribution >= 0.6 is 0 Å². The second kappa shape index (κ2) is 8.36. The summed E-state index contributed by atoms with van der Waals surface area (Å²) in [7, 11) is -7.47. The average Bonchev–Trinajstić information content (AvgIpc) is 3.20. The zero-order chi connectivity index (χ0) is 22.9. The maximum atomic E-state index is 14.6. The van der Waals surface area contributed by atoms with Gasteiger partial charge in [-0.05, 0) is 35.9 Å². The Balaban J connectivity index is 1.75. The molecule has 4 rings (SSSR count). The summed E-state index contributed by atoms with van der Waals surface area (Å²) >= 11 is 0. The lowest BCUT2D eigenvalue weighted by Gasteiger charge is -2.23. The predicted octanol–water partition coefficient (Wildman–Crippen LogP) is 3.74. The first-order valence-corrected chi connectivity index (χ1v) is 13.0. The van der Waals surface area contributed by atoms with E-state index in [1.165, 1.54) is 18.2 Å². The highest BCUT2D eigenvalue weighted by atomic mass is 32.2. The van der Waals surface area contributed by atoms with E-state index in [4.69, 9.17) is 0 Å². The molecule has 0 saturated heterocycles. The van der Waals surface area contributed by atoms with Crippen LogP contribution in [0.3, 0.4) is 0 Å². The van der Waals surface area contributed by atoms with Gasteiger partial charge in [-0.2, -0.15) is 17.9 Å². The summed E-state index contributed by atoms with van der Waals surface area (Å²) in [5, 5.41) is 4.37. The molecule has 1 atom stereocenters. The normalized spacial score (nSPS) is 16.6. The molecule has 0 aliphatic carbocycles. The van der Waals surface area contributed by atoms with Crippen LogP contribution in [0.15, 0.2) is 88.9 Å². The van der Waals surface area contributed by atoms with Gasteiger partial charge in [-0.25, -0.2) is 12.8 Å². The standard InChI is InChI=1S/C22H20FN3O4S2/c1-31(27,28)25-17-13-11-16(12-14-17)21-15-22(19-9-5-6-10-20(19)23)26(24-21)32(29,30)18-7-3-2-4-8-18/h2-14,22,25H,15H2,1H3/t22-/m1/s1. The average molecular weight is 474 g/mol. The molecule has 0 bridgehead atoms. The summed E-state index contributed by atoms with van der Waals surface area (Å²) in [5.41, 5.74) is 1.65. The highest BCUT2D eigenvalue weighted by Gasteiger charge is 2.38. The van der Waals surface area contributed by atoms with Gasteiger partial charge < -0.3 is 0 Å². The van der Waals surface area contributed by atoms with Crippen LogP contribution in [0.5, 0.6) is 0 Å². The Labute approximate surface area is 186 Å². The van der Waals surface area contributed by atoms with Gasteiger partial charge in [0.1, 0.15) is 5.82 Å². The van der Waals surface area contributed by atoms with Crippen molar-refractivity contribution in [3.05, 3.63) is 95.8 Å². The van der Waals surface area contributed by atoms with Crippen LogP contribution in [0.25, 0.3) is 0 Å². The molecule has 32 heavy (non-hydrogen) atoms. The molecule has 0 amide bonds. The van der Waals surface area contributed by atoms with Crippen LogP contribution in [0.1, 0.15) is 23.6 Å². The summed E-state index contributed by atoms with van der Waals surface area (Å²) in [4.78, 5) is 0.0547. The number of halogens is 1. The number of hydrazone groups is 1. The molecular weight excluding hydrogens is 453 g/mol. The van der Waals surface area contributed by atoms with E-state index in [1.807, 2.05) is 0 Å². The second-order valence-corrected chi connectivity index (χ2v) is 10.9. The number of nitrogens with zero attached hydrogens (tertiary/aromatic N) is 2. The zero-order valence-electron chi connectivity index (χ0n) is 17.0. The summed E-state index contributed by atoms with van der Waals surface area (Å²) in [6.45, 7) is 0. The van der Waals surface area contributed by atoms with E-state index in [2.05, 4.69) is 9.82 Å². The minimum Gasteiger partial charge on any atom is -0.284 e. The Kier molecular flexibility index (Phi) is 5.74. The molecule has 0 aromatic heterocycles. The van der Waals surface area contributed by atoms with Crippen molar-refractivity contribution in [2.45, 2.75) is 17.4 Å². The molecule has 0 spiro atoms. The third-order valence-electron chi connectivity index (χ3n) is 4.95. The summed E-state index contributed by atoms with van der Waals surface area (Å²) < 4.78 is 67.4. The molecule has 3 aromatic rings. The van der Waals surface area contributed by atoms with Crippen molar-refractivity contribution >= 4 is 31.4 Å². The first kappa shape index (κ1) is 22.0. The fourth-order valence-electron chi connectivity index (χ4n) is 3.51. The topological polar surface area (TPSA) is 95.9 Å². The quantitative estimate of drug-likeness (QED) is 0.590. The van der Waals surface area contributed by atoms with Crippen molar-refractivity contribution in [2.24, 2.45) is 5.10 Å². The third kappa shape index (κ3) is 4.51. The summed E-state index contributed by atoms with van der Waals surface area (Å²) in [6.07, 6.45) is 1.21. The van der Waals surface area contributed by atoms with Crippen LogP contribution in [-0.2, 0) is 20.0 Å². The van der Waals surface area contributed by atoms with Crippen molar-refractivity contribution in [3.63, 3.8) is 0 Å². The van der Waals surface area contributed by atoms with Gasteiger partial charge in [-0.3, -0.25) is 4.72 Å². The predicted molar refractivity (Wildman–Crippen MR) is 121 cm³/mol.